The molecule has 0 aliphatic carbocycles. The maximum atomic E-state index is 4.24. The molecule has 0 bridgehead atoms. The molecular formula is C13H19N3S. The molecule has 1 N–H and O–H groups in total. The Morgan fingerprint density at radius 2 is 2.29 bits per heavy atom. The van der Waals surface area contributed by atoms with E-state index < -0.39 is 0 Å². The molecule has 2 aromatic rings. The van der Waals surface area contributed by atoms with Gasteiger partial charge >= 0.3 is 0 Å². The third-order valence-corrected chi connectivity index (χ3v) is 3.74. The number of aromatic nitrogens is 2. The summed E-state index contributed by atoms with van der Waals surface area (Å²) in [4.78, 5) is 2.79. The minimum Gasteiger partial charge on any atom is -0.310 e. The summed E-state index contributed by atoms with van der Waals surface area (Å²) < 4.78 is 1.97. The summed E-state index contributed by atoms with van der Waals surface area (Å²) in [5.74, 6) is 0. The number of nitrogens with one attached hydrogen (secondary N) is 1. The molecule has 0 saturated carbocycles. The second-order valence-corrected chi connectivity index (χ2v) is 5.87. The summed E-state index contributed by atoms with van der Waals surface area (Å²) >= 11 is 1.87. The van der Waals surface area contributed by atoms with Gasteiger partial charge in [-0.1, -0.05) is 13.8 Å². The fourth-order valence-electron chi connectivity index (χ4n) is 1.70. The molecule has 0 fully saturated rings. The highest BCUT2D eigenvalue weighted by atomic mass is 32.1. The number of thiophene rings is 1. The van der Waals surface area contributed by atoms with Crippen LogP contribution in [0.25, 0.3) is 0 Å². The minimum atomic E-state index is 0.534. The van der Waals surface area contributed by atoms with Crippen LogP contribution in [-0.2, 0) is 13.1 Å². The summed E-state index contributed by atoms with van der Waals surface area (Å²) in [5.41, 5.74) is 1.37. The summed E-state index contributed by atoms with van der Waals surface area (Å²) in [6.45, 7) is 8.36. The molecule has 17 heavy (non-hydrogen) atoms. The summed E-state index contributed by atoms with van der Waals surface area (Å²) in [7, 11) is 0. The molecule has 2 heterocycles. The van der Waals surface area contributed by atoms with Crippen molar-refractivity contribution < 1.29 is 0 Å². The van der Waals surface area contributed by atoms with Crippen molar-refractivity contribution in [3.05, 3.63) is 39.8 Å². The maximum Gasteiger partial charge on any atom is 0.0670 e. The molecule has 4 heteroatoms. The van der Waals surface area contributed by atoms with Crippen LogP contribution in [0, 0.1) is 6.92 Å². The van der Waals surface area contributed by atoms with E-state index in [1.807, 2.05) is 34.5 Å². The van der Waals surface area contributed by atoms with Gasteiger partial charge in [0.1, 0.15) is 0 Å². The van der Waals surface area contributed by atoms with Crippen LogP contribution in [0.4, 0.5) is 0 Å². The fraction of sp³-hybridized carbons (Fsp3) is 0.462. The average molecular weight is 249 g/mol. The van der Waals surface area contributed by atoms with E-state index in [0.717, 1.165) is 13.1 Å². The van der Waals surface area contributed by atoms with Crippen LogP contribution in [0.3, 0.4) is 0 Å². The van der Waals surface area contributed by atoms with Crippen LogP contribution in [0.2, 0.25) is 0 Å². The molecule has 0 unspecified atom stereocenters. The Labute approximate surface area is 106 Å². The first-order chi connectivity index (χ1) is 8.15. The predicted octanol–water partition coefficient (Wildman–Crippen LogP) is 2.80. The maximum absolute atomic E-state index is 4.24. The van der Waals surface area contributed by atoms with Crippen molar-refractivity contribution in [3.8, 4) is 0 Å². The van der Waals surface area contributed by atoms with E-state index in [1.165, 1.54) is 15.3 Å². The Hall–Kier alpha value is -1.13. The first kappa shape index (κ1) is 12.3. The van der Waals surface area contributed by atoms with Gasteiger partial charge in [0.05, 0.1) is 6.54 Å². The zero-order chi connectivity index (χ0) is 12.3. The molecule has 0 aromatic carbocycles. The van der Waals surface area contributed by atoms with Gasteiger partial charge in [-0.15, -0.1) is 11.3 Å². The molecule has 0 amide bonds. The Balaban J connectivity index is 2.03. The van der Waals surface area contributed by atoms with Gasteiger partial charge in [0.25, 0.3) is 0 Å². The lowest BCUT2D eigenvalue weighted by atomic mass is 10.2. The molecule has 92 valence electrons. The van der Waals surface area contributed by atoms with Gasteiger partial charge in [-0.3, -0.25) is 4.68 Å². The van der Waals surface area contributed by atoms with Gasteiger partial charge in [0.2, 0.25) is 0 Å². The van der Waals surface area contributed by atoms with Crippen molar-refractivity contribution in [3.63, 3.8) is 0 Å². The third-order valence-electron chi connectivity index (χ3n) is 2.65. The number of hydrogen-bond donors (Lipinski definition) is 1. The van der Waals surface area contributed by atoms with Crippen LogP contribution < -0.4 is 5.32 Å². The summed E-state index contributed by atoms with van der Waals surface area (Å²) in [5, 5.41) is 7.69. The number of nitrogens with zero attached hydrogens (tertiary/aromatic N) is 2. The first-order valence-electron chi connectivity index (χ1n) is 5.94. The normalized spacial score (nSPS) is 11.3. The van der Waals surface area contributed by atoms with E-state index in [-0.39, 0.29) is 0 Å². The summed E-state index contributed by atoms with van der Waals surface area (Å²) in [6, 6.07) is 4.78. The molecule has 0 spiro atoms. The lowest BCUT2D eigenvalue weighted by molar-refractivity contribution is 0.593. The topological polar surface area (TPSA) is 29.9 Å². The molecule has 0 radical (unpaired) electrons. The number of aryl methyl sites for hydroxylation is 1. The van der Waals surface area contributed by atoms with Crippen LogP contribution in [0.5, 0.6) is 0 Å². The quantitative estimate of drug-likeness (QED) is 0.883. The number of rotatable bonds is 5. The summed E-state index contributed by atoms with van der Waals surface area (Å²) in [6.07, 6.45) is 3.83. The van der Waals surface area contributed by atoms with E-state index in [9.17, 15) is 0 Å². The van der Waals surface area contributed by atoms with Crippen LogP contribution in [0.15, 0.2) is 24.5 Å². The molecule has 2 aromatic heterocycles. The number of hydrogen-bond acceptors (Lipinski definition) is 3. The van der Waals surface area contributed by atoms with E-state index in [2.05, 4.69) is 37.3 Å². The third kappa shape index (κ3) is 3.41. The van der Waals surface area contributed by atoms with Crippen LogP contribution >= 0.6 is 11.3 Å². The molecule has 2 rings (SSSR count). The zero-order valence-corrected chi connectivity index (χ0v) is 11.4. The Morgan fingerprint density at radius 1 is 1.47 bits per heavy atom. The van der Waals surface area contributed by atoms with Crippen molar-refractivity contribution in [1.82, 2.24) is 15.1 Å². The SMILES string of the molecule is Cc1sc(CNC(C)C)cc1Cn1cccn1. The second kappa shape index (κ2) is 5.47. The average Bonchev–Trinajstić information content (AvgIpc) is 2.87. The Bertz CT molecular complexity index is 457. The van der Waals surface area contributed by atoms with Crippen molar-refractivity contribution in [2.45, 2.75) is 39.9 Å². The van der Waals surface area contributed by atoms with Crippen molar-refractivity contribution >= 4 is 11.3 Å². The van der Waals surface area contributed by atoms with Gasteiger partial charge in [0, 0.05) is 34.7 Å². The second-order valence-electron chi connectivity index (χ2n) is 4.53. The molecule has 0 aliphatic rings. The van der Waals surface area contributed by atoms with Crippen LogP contribution in [-0.4, -0.2) is 15.8 Å². The largest absolute Gasteiger partial charge is 0.310 e. The minimum absolute atomic E-state index is 0.534. The van der Waals surface area contributed by atoms with Crippen molar-refractivity contribution in [1.29, 1.82) is 0 Å². The van der Waals surface area contributed by atoms with Crippen molar-refractivity contribution in [2.75, 3.05) is 0 Å². The molecule has 0 aliphatic heterocycles. The Morgan fingerprint density at radius 3 is 2.94 bits per heavy atom. The van der Waals surface area contributed by atoms with Crippen molar-refractivity contribution in [2.24, 2.45) is 0 Å². The van der Waals surface area contributed by atoms with E-state index in [1.54, 1.807) is 0 Å². The molecule has 3 nitrogen and oxygen atoms in total. The van der Waals surface area contributed by atoms with E-state index in [4.69, 9.17) is 0 Å². The lowest BCUT2D eigenvalue weighted by Gasteiger charge is -2.05. The Kier molecular flexibility index (Phi) is 3.97. The predicted molar refractivity (Wildman–Crippen MR) is 72.4 cm³/mol. The van der Waals surface area contributed by atoms with Gasteiger partial charge < -0.3 is 5.32 Å². The van der Waals surface area contributed by atoms with E-state index in [0.29, 0.717) is 6.04 Å². The highest BCUT2D eigenvalue weighted by molar-refractivity contribution is 7.12. The highest BCUT2D eigenvalue weighted by Crippen LogP contribution is 2.22. The monoisotopic (exact) mass is 249 g/mol. The van der Waals surface area contributed by atoms with Crippen LogP contribution in [0.1, 0.15) is 29.2 Å². The van der Waals surface area contributed by atoms with Gasteiger partial charge in [-0.2, -0.15) is 5.10 Å². The van der Waals surface area contributed by atoms with Gasteiger partial charge in [-0.05, 0) is 24.6 Å². The van der Waals surface area contributed by atoms with E-state index >= 15 is 0 Å². The smallest absolute Gasteiger partial charge is 0.0670 e. The zero-order valence-electron chi connectivity index (χ0n) is 10.6. The molecular weight excluding hydrogens is 230 g/mol. The molecule has 0 saturated heterocycles. The molecule has 0 atom stereocenters. The highest BCUT2D eigenvalue weighted by Gasteiger charge is 2.06. The standard InChI is InChI=1S/C13H19N3S/c1-10(2)14-8-13-7-12(11(3)17-13)9-16-6-4-5-15-16/h4-7,10,14H,8-9H2,1-3H3. The fourth-order valence-corrected chi connectivity index (χ4v) is 2.71. The lowest BCUT2D eigenvalue weighted by Crippen LogP contribution is -2.21. The first-order valence-corrected chi connectivity index (χ1v) is 6.76. The van der Waals surface area contributed by atoms with Gasteiger partial charge in [-0.25, -0.2) is 0 Å². The van der Waals surface area contributed by atoms with Gasteiger partial charge in [0.15, 0.2) is 0 Å².